The fraction of sp³-hybridized carbons (Fsp3) is 0.905. The summed E-state index contributed by atoms with van der Waals surface area (Å²) in [6, 6.07) is 0. The number of Topliss-reactive ketones (excluding diaryl/α,β-unsaturated/α-hetero) is 2. The average molecular weight is 332 g/mol. The number of rotatable bonds is 1. The van der Waals surface area contributed by atoms with Gasteiger partial charge in [-0.15, -0.1) is 0 Å². The van der Waals surface area contributed by atoms with Crippen molar-refractivity contribution in [1.82, 2.24) is 0 Å². The van der Waals surface area contributed by atoms with Crippen molar-refractivity contribution >= 4 is 11.6 Å². The van der Waals surface area contributed by atoms with Crippen LogP contribution in [0.4, 0.5) is 0 Å². The van der Waals surface area contributed by atoms with Gasteiger partial charge in [0.05, 0.1) is 6.10 Å². The molecule has 0 heterocycles. The first-order valence-electron chi connectivity index (χ1n) is 9.98. The summed E-state index contributed by atoms with van der Waals surface area (Å²) < 4.78 is 0. The lowest BCUT2D eigenvalue weighted by molar-refractivity contribution is -0.170. The molecular formula is C21H32O3. The van der Waals surface area contributed by atoms with Gasteiger partial charge >= 0.3 is 0 Å². The predicted octanol–water partition coefficient (Wildman–Crippen LogP) is 3.77. The van der Waals surface area contributed by atoms with Gasteiger partial charge < -0.3 is 5.11 Å². The van der Waals surface area contributed by atoms with Crippen molar-refractivity contribution in [2.24, 2.45) is 40.4 Å². The van der Waals surface area contributed by atoms with Gasteiger partial charge in [-0.3, -0.25) is 9.59 Å². The number of carbonyl (C=O) groups is 2. The maximum absolute atomic E-state index is 12.2. The highest BCUT2D eigenvalue weighted by atomic mass is 16.3. The number of hydrogen-bond acceptors (Lipinski definition) is 3. The maximum Gasteiger partial charge on any atom is 0.133 e. The van der Waals surface area contributed by atoms with Gasteiger partial charge in [-0.05, 0) is 74.5 Å². The molecule has 3 nitrogen and oxygen atoms in total. The highest BCUT2D eigenvalue weighted by Gasteiger charge is 2.63. The quantitative estimate of drug-likeness (QED) is 0.795. The molecule has 4 aliphatic carbocycles. The molecule has 0 aromatic rings. The normalized spacial score (nSPS) is 53.9. The molecule has 4 saturated carbocycles. The monoisotopic (exact) mass is 332 g/mol. The zero-order chi connectivity index (χ0) is 17.3. The molecule has 0 aliphatic heterocycles. The summed E-state index contributed by atoms with van der Waals surface area (Å²) >= 11 is 0. The van der Waals surface area contributed by atoms with Gasteiger partial charge in [0.2, 0.25) is 0 Å². The molecule has 3 heteroatoms. The SMILES string of the molecule is CC(=O)[C@@H]1CC[C@@H]2[C@@H]3CC[C@@H]4CC(=O)CC[C@]4(C)[C@H]3C[C@H](O)[C@]21C. The van der Waals surface area contributed by atoms with Crippen molar-refractivity contribution in [3.8, 4) is 0 Å². The van der Waals surface area contributed by atoms with Crippen molar-refractivity contribution in [3.05, 3.63) is 0 Å². The molecule has 0 unspecified atom stereocenters. The minimum absolute atomic E-state index is 0.0388. The van der Waals surface area contributed by atoms with E-state index in [1.54, 1.807) is 6.92 Å². The first kappa shape index (κ1) is 16.8. The Morgan fingerprint density at radius 1 is 1.12 bits per heavy atom. The summed E-state index contributed by atoms with van der Waals surface area (Å²) in [6.07, 6.45) is 7.36. The Morgan fingerprint density at radius 2 is 1.88 bits per heavy atom. The Hall–Kier alpha value is -0.700. The van der Waals surface area contributed by atoms with Gasteiger partial charge in [0.15, 0.2) is 0 Å². The van der Waals surface area contributed by atoms with Crippen LogP contribution < -0.4 is 0 Å². The van der Waals surface area contributed by atoms with Crippen molar-refractivity contribution in [1.29, 1.82) is 0 Å². The second kappa shape index (κ2) is 5.40. The molecule has 4 fully saturated rings. The van der Waals surface area contributed by atoms with Crippen LogP contribution in [0.25, 0.3) is 0 Å². The molecular weight excluding hydrogens is 300 g/mol. The smallest absolute Gasteiger partial charge is 0.133 e. The molecule has 0 aromatic carbocycles. The molecule has 0 bridgehead atoms. The van der Waals surface area contributed by atoms with Gasteiger partial charge in [-0.1, -0.05) is 13.8 Å². The summed E-state index contributed by atoms with van der Waals surface area (Å²) in [5.41, 5.74) is -0.00582. The predicted molar refractivity (Wildman–Crippen MR) is 92.3 cm³/mol. The van der Waals surface area contributed by atoms with E-state index in [4.69, 9.17) is 0 Å². The topological polar surface area (TPSA) is 54.4 Å². The van der Waals surface area contributed by atoms with Crippen LogP contribution in [0.2, 0.25) is 0 Å². The molecule has 8 atom stereocenters. The van der Waals surface area contributed by atoms with Crippen molar-refractivity contribution in [3.63, 3.8) is 0 Å². The van der Waals surface area contributed by atoms with Crippen LogP contribution in [0.5, 0.6) is 0 Å². The van der Waals surface area contributed by atoms with Crippen LogP contribution in [0.1, 0.15) is 72.1 Å². The first-order valence-corrected chi connectivity index (χ1v) is 9.98. The van der Waals surface area contributed by atoms with E-state index in [-0.39, 0.29) is 28.6 Å². The number of aliphatic hydroxyl groups excluding tert-OH is 1. The van der Waals surface area contributed by atoms with E-state index >= 15 is 0 Å². The molecule has 1 N–H and O–H groups in total. The zero-order valence-corrected chi connectivity index (χ0v) is 15.4. The lowest BCUT2D eigenvalue weighted by Gasteiger charge is -2.61. The van der Waals surface area contributed by atoms with Crippen molar-refractivity contribution in [2.45, 2.75) is 78.2 Å². The molecule has 0 radical (unpaired) electrons. The fourth-order valence-electron chi connectivity index (χ4n) is 7.67. The Balaban J connectivity index is 1.67. The molecule has 24 heavy (non-hydrogen) atoms. The van der Waals surface area contributed by atoms with Crippen LogP contribution in [0.3, 0.4) is 0 Å². The largest absolute Gasteiger partial charge is 0.393 e. The lowest BCUT2D eigenvalue weighted by Crippen LogP contribution is -2.58. The van der Waals surface area contributed by atoms with Crippen LogP contribution in [0.15, 0.2) is 0 Å². The van der Waals surface area contributed by atoms with Crippen LogP contribution in [0, 0.1) is 40.4 Å². The summed E-state index contributed by atoms with van der Waals surface area (Å²) in [4.78, 5) is 24.1. The van der Waals surface area contributed by atoms with E-state index in [1.165, 1.54) is 6.42 Å². The zero-order valence-electron chi connectivity index (χ0n) is 15.4. The average Bonchev–Trinajstić information content (AvgIpc) is 2.88. The van der Waals surface area contributed by atoms with E-state index in [1.807, 2.05) is 0 Å². The van der Waals surface area contributed by atoms with Gasteiger partial charge in [0.1, 0.15) is 11.6 Å². The Kier molecular flexibility index (Phi) is 3.77. The van der Waals surface area contributed by atoms with Crippen LogP contribution in [-0.4, -0.2) is 22.8 Å². The number of carbonyl (C=O) groups excluding carboxylic acids is 2. The minimum Gasteiger partial charge on any atom is -0.393 e. The molecule has 0 aromatic heterocycles. The fourth-order valence-corrected chi connectivity index (χ4v) is 7.67. The Labute approximate surface area is 145 Å². The number of aliphatic hydroxyl groups is 1. The van der Waals surface area contributed by atoms with Gasteiger partial charge in [0, 0.05) is 24.2 Å². The highest BCUT2D eigenvalue weighted by molar-refractivity contribution is 5.80. The summed E-state index contributed by atoms with van der Waals surface area (Å²) in [7, 11) is 0. The van der Waals surface area contributed by atoms with Gasteiger partial charge in [0.25, 0.3) is 0 Å². The Bertz CT molecular complexity index is 569. The minimum atomic E-state index is -0.367. The number of ketones is 2. The molecule has 0 spiro atoms. The van der Waals surface area contributed by atoms with Crippen molar-refractivity contribution < 1.29 is 14.7 Å². The van der Waals surface area contributed by atoms with E-state index in [0.29, 0.717) is 29.5 Å². The number of fused-ring (bicyclic) bond motifs is 5. The van der Waals surface area contributed by atoms with Gasteiger partial charge in [-0.2, -0.15) is 0 Å². The van der Waals surface area contributed by atoms with E-state index in [9.17, 15) is 14.7 Å². The summed E-state index contributed by atoms with van der Waals surface area (Å²) in [6.45, 7) is 6.30. The van der Waals surface area contributed by atoms with E-state index in [2.05, 4.69) is 13.8 Å². The summed E-state index contributed by atoms with van der Waals surface area (Å²) in [5.74, 6) is 2.91. The van der Waals surface area contributed by atoms with Gasteiger partial charge in [-0.25, -0.2) is 0 Å². The lowest BCUT2D eigenvalue weighted by atomic mass is 9.44. The third-order valence-electron chi connectivity index (χ3n) is 9.08. The molecule has 0 saturated heterocycles. The van der Waals surface area contributed by atoms with E-state index < -0.39 is 0 Å². The first-order chi connectivity index (χ1) is 11.3. The Morgan fingerprint density at radius 3 is 2.58 bits per heavy atom. The standard InChI is InChI=1S/C21H32O3/c1-12(22)16-6-7-17-15-5-4-13-10-14(23)8-9-20(13,2)18(15)11-19(24)21(16,17)3/h13,15-19,24H,4-11H2,1-3H3/t13-,15+,16+,17-,18+,19+,20+,21+/m1/s1. The van der Waals surface area contributed by atoms with Crippen molar-refractivity contribution in [2.75, 3.05) is 0 Å². The van der Waals surface area contributed by atoms with E-state index in [0.717, 1.165) is 44.9 Å². The molecule has 4 aliphatic rings. The van der Waals surface area contributed by atoms with Crippen LogP contribution in [-0.2, 0) is 9.59 Å². The summed E-state index contributed by atoms with van der Waals surface area (Å²) in [5, 5.41) is 11.1. The highest BCUT2D eigenvalue weighted by Crippen LogP contribution is 2.67. The third kappa shape index (κ3) is 2.06. The molecule has 0 amide bonds. The second-order valence-electron chi connectivity index (χ2n) is 9.76. The molecule has 4 rings (SSSR count). The second-order valence-corrected chi connectivity index (χ2v) is 9.76. The molecule has 134 valence electrons. The number of hydrogen-bond donors (Lipinski definition) is 1. The third-order valence-corrected chi connectivity index (χ3v) is 9.08. The maximum atomic E-state index is 12.2. The van der Waals surface area contributed by atoms with Crippen LogP contribution >= 0.6 is 0 Å².